The molecule has 1 aromatic carbocycles. The maximum Gasteiger partial charge on any atom is 0.350 e. The van der Waals surface area contributed by atoms with E-state index in [1.807, 2.05) is 27.7 Å². The first-order chi connectivity index (χ1) is 7.72. The fraction of sp³-hybridized carbons (Fsp3) is 0. The second-order valence-corrected chi connectivity index (χ2v) is 4.31. The maximum absolute atomic E-state index is 13.6. The van der Waals surface area contributed by atoms with Crippen molar-refractivity contribution in [2.75, 3.05) is 0 Å². The molecule has 0 bridgehead atoms. The largest absolute Gasteiger partial charge is 0.447 e. The molecule has 0 aliphatic heterocycles. The van der Waals surface area contributed by atoms with Gasteiger partial charge in [-0.15, -0.1) is 0 Å². The van der Waals surface area contributed by atoms with Crippen molar-refractivity contribution in [2.45, 2.75) is 0 Å². The molecule has 2 nitrogen and oxygen atoms in total. The molecule has 82 valence electrons. The Morgan fingerprint density at radius 1 is 1.31 bits per heavy atom. The van der Waals surface area contributed by atoms with Crippen LogP contribution < -0.4 is 0 Å². The predicted octanol–water partition coefficient (Wildman–Crippen LogP) is 3.50. The molecule has 0 aliphatic carbocycles. The summed E-state index contributed by atoms with van der Waals surface area (Å²) in [7, 11) is 1.86. The first-order valence-corrected chi connectivity index (χ1v) is 5.77. The van der Waals surface area contributed by atoms with E-state index in [0.29, 0.717) is 5.56 Å². The zero-order valence-electron chi connectivity index (χ0n) is 8.14. The summed E-state index contributed by atoms with van der Waals surface area (Å²) < 4.78 is 18.1. The van der Waals surface area contributed by atoms with Crippen LogP contribution in [0.4, 0.5) is 4.39 Å². The summed E-state index contributed by atoms with van der Waals surface area (Å²) in [6.07, 6.45) is 0. The molecule has 0 saturated carbocycles. The standard InChI is InChI=1S/C11H8FO2PS/c12-10-8(7-4-2-1-3-5-7)6-9(16-10)11(13)14-15/h1-6H,15H2. The van der Waals surface area contributed by atoms with Gasteiger partial charge in [0.2, 0.25) is 0 Å². The van der Waals surface area contributed by atoms with E-state index in [4.69, 9.17) is 0 Å². The van der Waals surface area contributed by atoms with Crippen LogP contribution in [0.25, 0.3) is 11.1 Å². The Bertz CT molecular complexity index is 510. The van der Waals surface area contributed by atoms with Gasteiger partial charge in [-0.3, -0.25) is 0 Å². The monoisotopic (exact) mass is 254 g/mol. The average Bonchev–Trinajstić information content (AvgIpc) is 2.71. The summed E-state index contributed by atoms with van der Waals surface area (Å²) in [4.78, 5) is 11.5. The van der Waals surface area contributed by atoms with Crippen LogP contribution >= 0.6 is 20.8 Å². The molecule has 0 amide bonds. The molecule has 0 N–H and O–H groups in total. The Hall–Kier alpha value is -1.25. The molecular weight excluding hydrogens is 246 g/mol. The van der Waals surface area contributed by atoms with Crippen LogP contribution in [0.3, 0.4) is 0 Å². The lowest BCUT2D eigenvalue weighted by molar-refractivity contribution is 0.0770. The molecule has 0 spiro atoms. The van der Waals surface area contributed by atoms with Crippen LogP contribution in [0.15, 0.2) is 36.4 Å². The highest BCUT2D eigenvalue weighted by atomic mass is 32.1. The topological polar surface area (TPSA) is 26.3 Å². The zero-order chi connectivity index (χ0) is 11.5. The van der Waals surface area contributed by atoms with Crippen molar-refractivity contribution in [3.8, 4) is 11.1 Å². The molecule has 2 aromatic rings. The van der Waals surface area contributed by atoms with Crippen molar-refractivity contribution in [1.82, 2.24) is 0 Å². The third kappa shape index (κ3) is 2.13. The molecule has 0 fully saturated rings. The van der Waals surface area contributed by atoms with Gasteiger partial charge < -0.3 is 4.52 Å². The summed E-state index contributed by atoms with van der Waals surface area (Å²) in [5.74, 6) is -0.545. The zero-order valence-corrected chi connectivity index (χ0v) is 10.1. The van der Waals surface area contributed by atoms with Crippen molar-refractivity contribution < 1.29 is 13.7 Å². The molecule has 1 aromatic heterocycles. The van der Waals surface area contributed by atoms with Crippen molar-refractivity contribution in [1.29, 1.82) is 0 Å². The lowest BCUT2D eigenvalue weighted by Crippen LogP contribution is -1.92. The van der Waals surface area contributed by atoms with Gasteiger partial charge in [-0.25, -0.2) is 4.79 Å². The van der Waals surface area contributed by atoms with Gasteiger partial charge in [-0.05, 0) is 11.6 Å². The number of hydrogen-bond donors (Lipinski definition) is 0. The van der Waals surface area contributed by atoms with E-state index >= 15 is 0 Å². The van der Waals surface area contributed by atoms with E-state index in [1.165, 1.54) is 6.07 Å². The number of rotatable bonds is 2. The molecule has 16 heavy (non-hydrogen) atoms. The van der Waals surface area contributed by atoms with Gasteiger partial charge in [0.1, 0.15) is 4.88 Å². The highest BCUT2D eigenvalue weighted by Gasteiger charge is 2.15. The highest BCUT2D eigenvalue weighted by molar-refractivity contribution is 7.14. The summed E-state index contributed by atoms with van der Waals surface area (Å²) in [5.41, 5.74) is 1.18. The van der Waals surface area contributed by atoms with E-state index < -0.39 is 5.97 Å². The Morgan fingerprint density at radius 2 is 2.00 bits per heavy atom. The minimum absolute atomic E-state index is 0.256. The van der Waals surface area contributed by atoms with Crippen molar-refractivity contribution in [3.05, 3.63) is 46.4 Å². The fourth-order valence-corrected chi connectivity index (χ4v) is 2.34. The first kappa shape index (κ1) is 11.2. The average molecular weight is 254 g/mol. The van der Waals surface area contributed by atoms with E-state index in [9.17, 15) is 9.18 Å². The number of hydrogen-bond acceptors (Lipinski definition) is 3. The smallest absolute Gasteiger partial charge is 0.350 e. The molecule has 1 atom stereocenters. The number of benzene rings is 1. The molecule has 0 radical (unpaired) electrons. The highest BCUT2D eigenvalue weighted by Crippen LogP contribution is 2.30. The predicted molar refractivity (Wildman–Crippen MR) is 64.8 cm³/mol. The molecule has 2 rings (SSSR count). The molecule has 1 heterocycles. The lowest BCUT2D eigenvalue weighted by Gasteiger charge is -1.96. The minimum Gasteiger partial charge on any atom is -0.447 e. The SMILES string of the molecule is O=C(OP)c1cc(-c2ccccc2)c(F)s1. The van der Waals surface area contributed by atoms with Gasteiger partial charge >= 0.3 is 5.97 Å². The Labute approximate surface area is 98.4 Å². The Kier molecular flexibility index (Phi) is 3.32. The second-order valence-electron chi connectivity index (χ2n) is 3.07. The maximum atomic E-state index is 13.6. The van der Waals surface area contributed by atoms with E-state index in [0.717, 1.165) is 16.9 Å². The van der Waals surface area contributed by atoms with E-state index in [2.05, 4.69) is 4.52 Å². The van der Waals surface area contributed by atoms with E-state index in [1.54, 1.807) is 12.1 Å². The van der Waals surface area contributed by atoms with Gasteiger partial charge in [-0.2, -0.15) is 4.39 Å². The number of thiophene rings is 1. The minimum atomic E-state index is -0.545. The van der Waals surface area contributed by atoms with Crippen LogP contribution in [0.2, 0.25) is 0 Å². The molecule has 5 heteroatoms. The van der Waals surface area contributed by atoms with Gasteiger partial charge in [0, 0.05) is 5.56 Å². The molecule has 0 saturated heterocycles. The van der Waals surface area contributed by atoms with Crippen molar-refractivity contribution in [3.63, 3.8) is 0 Å². The Morgan fingerprint density at radius 3 is 2.62 bits per heavy atom. The Balaban J connectivity index is 2.44. The molecule has 0 aliphatic rings. The number of carbonyl (C=O) groups is 1. The molecule has 1 unspecified atom stereocenters. The van der Waals surface area contributed by atoms with Crippen molar-refractivity contribution in [2.24, 2.45) is 0 Å². The van der Waals surface area contributed by atoms with Gasteiger partial charge in [0.25, 0.3) is 0 Å². The quantitative estimate of drug-likeness (QED) is 0.767. The third-order valence-corrected chi connectivity index (χ3v) is 3.20. The van der Waals surface area contributed by atoms with Crippen LogP contribution in [0.1, 0.15) is 9.67 Å². The van der Waals surface area contributed by atoms with Crippen LogP contribution in [0.5, 0.6) is 0 Å². The first-order valence-electron chi connectivity index (χ1n) is 4.48. The van der Waals surface area contributed by atoms with Crippen LogP contribution in [-0.4, -0.2) is 5.97 Å². The molecular formula is C11H8FO2PS. The summed E-state index contributed by atoms with van der Waals surface area (Å²) in [5, 5.41) is -0.378. The van der Waals surface area contributed by atoms with Gasteiger partial charge in [0.15, 0.2) is 5.13 Å². The number of carbonyl (C=O) groups excluding carboxylic acids is 1. The lowest BCUT2D eigenvalue weighted by atomic mass is 10.1. The van der Waals surface area contributed by atoms with E-state index in [-0.39, 0.29) is 10.0 Å². The van der Waals surface area contributed by atoms with Crippen molar-refractivity contribution >= 4 is 26.8 Å². The third-order valence-electron chi connectivity index (χ3n) is 2.08. The second kappa shape index (κ2) is 4.73. The summed E-state index contributed by atoms with van der Waals surface area (Å²) >= 11 is 0.787. The number of halogens is 1. The van der Waals surface area contributed by atoms with Crippen LogP contribution in [-0.2, 0) is 4.52 Å². The fourth-order valence-electron chi connectivity index (χ4n) is 1.34. The van der Waals surface area contributed by atoms with Gasteiger partial charge in [0.05, 0.1) is 9.47 Å². The summed E-state index contributed by atoms with van der Waals surface area (Å²) in [6.45, 7) is 0. The van der Waals surface area contributed by atoms with Crippen LogP contribution in [0, 0.1) is 5.13 Å². The summed E-state index contributed by atoms with van der Waals surface area (Å²) in [6, 6.07) is 10.6. The normalized spacial score (nSPS) is 10.1. The van der Waals surface area contributed by atoms with Gasteiger partial charge in [-0.1, -0.05) is 41.7 Å².